The number of rotatable bonds is 7. The summed E-state index contributed by atoms with van der Waals surface area (Å²) in [6.45, 7) is 10.5. The van der Waals surface area contributed by atoms with Gasteiger partial charge in [-0.05, 0) is 75.2 Å². The number of likely N-dealkylation sites (N-methyl/N-ethyl adjacent to an activating group) is 1. The van der Waals surface area contributed by atoms with Crippen LogP contribution in [0, 0.1) is 20.8 Å². The zero-order chi connectivity index (χ0) is 19.4. The summed E-state index contributed by atoms with van der Waals surface area (Å²) in [6.07, 6.45) is 4.64. The van der Waals surface area contributed by atoms with E-state index in [9.17, 15) is 0 Å². The fraction of sp³-hybridized carbons (Fsp3) is 0.381. The summed E-state index contributed by atoms with van der Waals surface area (Å²) in [7, 11) is 2.15. The number of ether oxygens (including phenoxy) is 1. The molecule has 2 aromatic heterocycles. The van der Waals surface area contributed by atoms with Crippen LogP contribution in [0.25, 0.3) is 11.4 Å². The number of pyridine rings is 1. The van der Waals surface area contributed by atoms with E-state index in [0.717, 1.165) is 42.0 Å². The van der Waals surface area contributed by atoms with Gasteiger partial charge in [0.2, 0.25) is 0 Å². The molecule has 0 fully saturated rings. The van der Waals surface area contributed by atoms with Crippen LogP contribution >= 0.6 is 11.5 Å². The Hall–Kier alpha value is -2.31. The van der Waals surface area contributed by atoms with E-state index in [1.165, 1.54) is 22.7 Å². The fourth-order valence-corrected chi connectivity index (χ4v) is 3.40. The first-order chi connectivity index (χ1) is 13.0. The highest BCUT2D eigenvalue weighted by molar-refractivity contribution is 7.07. The fourth-order valence-electron chi connectivity index (χ4n) is 2.84. The minimum absolute atomic E-state index is 0.549. The number of hydrogen-bond acceptors (Lipinski definition) is 6. The van der Waals surface area contributed by atoms with Crippen molar-refractivity contribution in [2.45, 2.75) is 34.1 Å². The Morgan fingerprint density at radius 2 is 1.89 bits per heavy atom. The quantitative estimate of drug-likeness (QED) is 0.587. The van der Waals surface area contributed by atoms with Crippen molar-refractivity contribution in [3.63, 3.8) is 0 Å². The molecular weight excluding hydrogens is 356 g/mol. The summed E-state index contributed by atoms with van der Waals surface area (Å²) in [5.41, 5.74) is 5.71. The van der Waals surface area contributed by atoms with Crippen molar-refractivity contribution in [2.75, 3.05) is 20.1 Å². The van der Waals surface area contributed by atoms with Gasteiger partial charge in [-0.3, -0.25) is 4.98 Å². The van der Waals surface area contributed by atoms with E-state index in [-0.39, 0.29) is 0 Å². The zero-order valence-corrected chi connectivity index (χ0v) is 17.4. The van der Waals surface area contributed by atoms with Crippen LogP contribution in [0.1, 0.15) is 29.2 Å². The van der Waals surface area contributed by atoms with Gasteiger partial charge < -0.3 is 9.64 Å². The highest BCUT2D eigenvalue weighted by Crippen LogP contribution is 2.31. The first-order valence-electron chi connectivity index (χ1n) is 9.18. The molecule has 0 radical (unpaired) electrons. The molecule has 0 aliphatic heterocycles. The van der Waals surface area contributed by atoms with Crippen LogP contribution in [0.3, 0.4) is 0 Å². The van der Waals surface area contributed by atoms with Gasteiger partial charge >= 0.3 is 0 Å². The van der Waals surface area contributed by atoms with E-state index in [2.05, 4.69) is 59.2 Å². The predicted molar refractivity (Wildman–Crippen MR) is 111 cm³/mol. The van der Waals surface area contributed by atoms with E-state index in [0.29, 0.717) is 11.0 Å². The topological polar surface area (TPSA) is 51.1 Å². The van der Waals surface area contributed by atoms with Crippen molar-refractivity contribution in [2.24, 2.45) is 0 Å². The standard InChI is InChI=1S/C21H26N4OS/c1-6-25(5)8-7-17-10-16(4)19(11-15(17)3)26-21-23-20(24-27-21)18-9-14(2)12-22-13-18/h9-13H,6-8H2,1-5H3. The van der Waals surface area contributed by atoms with E-state index in [1.54, 1.807) is 6.20 Å². The van der Waals surface area contributed by atoms with Gasteiger partial charge in [0, 0.05) is 36.0 Å². The lowest BCUT2D eigenvalue weighted by molar-refractivity contribution is 0.357. The van der Waals surface area contributed by atoms with Gasteiger partial charge in [0.05, 0.1) is 0 Å². The molecule has 0 aliphatic rings. The maximum absolute atomic E-state index is 6.04. The molecular formula is C21H26N4OS. The van der Waals surface area contributed by atoms with Gasteiger partial charge in [-0.2, -0.15) is 9.36 Å². The SMILES string of the molecule is CCN(C)CCc1cc(C)c(Oc2nc(-c3cncc(C)c3)ns2)cc1C. The third kappa shape index (κ3) is 4.90. The largest absolute Gasteiger partial charge is 0.430 e. The number of aryl methyl sites for hydroxylation is 3. The Morgan fingerprint density at radius 1 is 1.07 bits per heavy atom. The molecule has 0 saturated heterocycles. The molecule has 0 atom stereocenters. The Kier molecular flexibility index (Phi) is 6.19. The van der Waals surface area contributed by atoms with Crippen LogP contribution < -0.4 is 4.74 Å². The van der Waals surface area contributed by atoms with E-state index >= 15 is 0 Å². The Bertz CT molecular complexity index is 922. The molecule has 0 amide bonds. The molecule has 0 bridgehead atoms. The van der Waals surface area contributed by atoms with Gasteiger partial charge in [0.25, 0.3) is 5.19 Å². The molecule has 1 aromatic carbocycles. The van der Waals surface area contributed by atoms with Crippen LogP contribution in [-0.2, 0) is 6.42 Å². The van der Waals surface area contributed by atoms with Gasteiger partial charge in [0.1, 0.15) is 5.75 Å². The van der Waals surface area contributed by atoms with Crippen molar-refractivity contribution in [1.82, 2.24) is 19.2 Å². The van der Waals surface area contributed by atoms with E-state index < -0.39 is 0 Å². The molecule has 27 heavy (non-hydrogen) atoms. The van der Waals surface area contributed by atoms with E-state index in [1.807, 2.05) is 19.2 Å². The molecule has 3 rings (SSSR count). The second-order valence-corrected chi connectivity index (χ2v) is 7.64. The maximum Gasteiger partial charge on any atom is 0.299 e. The number of hydrogen-bond donors (Lipinski definition) is 0. The van der Waals surface area contributed by atoms with Crippen molar-refractivity contribution >= 4 is 11.5 Å². The van der Waals surface area contributed by atoms with E-state index in [4.69, 9.17) is 4.74 Å². The van der Waals surface area contributed by atoms with Crippen molar-refractivity contribution in [3.05, 3.63) is 52.8 Å². The second kappa shape index (κ2) is 8.59. The number of aromatic nitrogens is 3. The summed E-state index contributed by atoms with van der Waals surface area (Å²) in [5, 5.41) is 0.549. The van der Waals surface area contributed by atoms with Crippen LogP contribution in [0.15, 0.2) is 30.6 Å². The highest BCUT2D eigenvalue weighted by Gasteiger charge is 2.12. The summed E-state index contributed by atoms with van der Waals surface area (Å²) < 4.78 is 10.4. The molecule has 0 aliphatic carbocycles. The highest BCUT2D eigenvalue weighted by atomic mass is 32.1. The summed E-state index contributed by atoms with van der Waals surface area (Å²) in [4.78, 5) is 11.0. The van der Waals surface area contributed by atoms with Crippen molar-refractivity contribution in [3.8, 4) is 22.3 Å². The monoisotopic (exact) mass is 382 g/mol. The normalized spacial score (nSPS) is 11.2. The predicted octanol–water partition coefficient (Wildman–Crippen LogP) is 4.81. The summed E-state index contributed by atoms with van der Waals surface area (Å²) >= 11 is 1.26. The lowest BCUT2D eigenvalue weighted by Crippen LogP contribution is -2.20. The third-order valence-corrected chi connectivity index (χ3v) is 5.27. The Balaban J connectivity index is 1.75. The Labute approximate surface area is 165 Å². The molecule has 3 aromatic rings. The number of nitrogens with zero attached hydrogens (tertiary/aromatic N) is 4. The van der Waals surface area contributed by atoms with Crippen LogP contribution in [0.4, 0.5) is 0 Å². The molecule has 0 unspecified atom stereocenters. The first kappa shape index (κ1) is 19.5. The van der Waals surface area contributed by atoms with Crippen molar-refractivity contribution in [1.29, 1.82) is 0 Å². The summed E-state index contributed by atoms with van der Waals surface area (Å²) in [5.74, 6) is 1.49. The van der Waals surface area contributed by atoms with Gasteiger partial charge in [-0.15, -0.1) is 0 Å². The third-order valence-electron chi connectivity index (χ3n) is 4.67. The molecule has 6 heteroatoms. The lowest BCUT2D eigenvalue weighted by Gasteiger charge is -2.16. The van der Waals surface area contributed by atoms with Crippen LogP contribution in [0.2, 0.25) is 0 Å². The molecule has 2 heterocycles. The molecule has 5 nitrogen and oxygen atoms in total. The molecule has 0 saturated carbocycles. The van der Waals surface area contributed by atoms with Crippen LogP contribution in [0.5, 0.6) is 10.9 Å². The van der Waals surface area contributed by atoms with Crippen molar-refractivity contribution < 1.29 is 4.74 Å². The minimum Gasteiger partial charge on any atom is -0.430 e. The minimum atomic E-state index is 0.549. The molecule has 0 N–H and O–H groups in total. The van der Waals surface area contributed by atoms with Gasteiger partial charge in [-0.25, -0.2) is 0 Å². The first-order valence-corrected chi connectivity index (χ1v) is 9.96. The van der Waals surface area contributed by atoms with Gasteiger partial charge in [0.15, 0.2) is 5.82 Å². The second-order valence-electron chi connectivity index (χ2n) is 6.93. The summed E-state index contributed by atoms with van der Waals surface area (Å²) in [6, 6.07) is 6.35. The zero-order valence-electron chi connectivity index (χ0n) is 16.6. The van der Waals surface area contributed by atoms with Crippen LogP contribution in [-0.4, -0.2) is 39.4 Å². The van der Waals surface area contributed by atoms with Gasteiger partial charge in [-0.1, -0.05) is 13.0 Å². The number of benzene rings is 1. The average Bonchev–Trinajstić information content (AvgIpc) is 3.11. The Morgan fingerprint density at radius 3 is 2.63 bits per heavy atom. The average molecular weight is 383 g/mol. The smallest absolute Gasteiger partial charge is 0.299 e. The maximum atomic E-state index is 6.04. The molecule has 142 valence electrons. The lowest BCUT2D eigenvalue weighted by atomic mass is 10.0. The molecule has 0 spiro atoms.